The van der Waals surface area contributed by atoms with E-state index in [1.807, 2.05) is 6.92 Å². The number of ether oxygens (including phenoxy) is 2. The first kappa shape index (κ1) is 18.0. The maximum Gasteiger partial charge on any atom is 0.422 e. The van der Waals surface area contributed by atoms with Crippen LogP contribution in [-0.2, 0) is 9.47 Å². The van der Waals surface area contributed by atoms with Crippen molar-refractivity contribution in [3.8, 4) is 0 Å². The molecule has 0 saturated carbocycles. The van der Waals surface area contributed by atoms with Crippen LogP contribution in [0.3, 0.4) is 0 Å². The molecule has 0 fully saturated rings. The van der Waals surface area contributed by atoms with E-state index in [0.29, 0.717) is 12.2 Å². The third kappa shape index (κ3) is 6.13. The minimum atomic E-state index is -0.545. The normalized spacial score (nSPS) is 12.4. The Hall–Kier alpha value is -2.08. The zero-order valence-corrected chi connectivity index (χ0v) is 13.7. The summed E-state index contributed by atoms with van der Waals surface area (Å²) >= 11 is 0. The summed E-state index contributed by atoms with van der Waals surface area (Å²) in [5.74, 6) is -0.346. The number of amides is 1. The van der Waals surface area contributed by atoms with Crippen molar-refractivity contribution < 1.29 is 19.1 Å². The highest BCUT2D eigenvalue weighted by molar-refractivity contribution is 5.89. The molecule has 1 unspecified atom stereocenters. The number of hydrogen-bond acceptors (Lipinski definition) is 5. The van der Waals surface area contributed by atoms with Gasteiger partial charge < -0.3 is 9.47 Å². The lowest BCUT2D eigenvalue weighted by molar-refractivity contribution is 0.0487. The van der Waals surface area contributed by atoms with Crippen LogP contribution in [0, 0.1) is 0 Å². The van der Waals surface area contributed by atoms with Gasteiger partial charge in [0.05, 0.1) is 12.2 Å². The van der Waals surface area contributed by atoms with E-state index in [1.54, 1.807) is 52.0 Å². The van der Waals surface area contributed by atoms with Crippen LogP contribution in [0.2, 0.25) is 0 Å². The molecular formula is C16H24N2O4. The average molecular weight is 308 g/mol. The van der Waals surface area contributed by atoms with E-state index in [1.165, 1.54) is 0 Å². The van der Waals surface area contributed by atoms with Gasteiger partial charge in [0.25, 0.3) is 0 Å². The van der Waals surface area contributed by atoms with E-state index in [0.717, 1.165) is 5.56 Å². The van der Waals surface area contributed by atoms with Crippen LogP contribution in [0.15, 0.2) is 24.3 Å². The van der Waals surface area contributed by atoms with E-state index in [4.69, 9.17) is 9.47 Å². The lowest BCUT2D eigenvalue weighted by atomic mass is 10.1. The first-order valence-corrected chi connectivity index (χ1v) is 7.24. The van der Waals surface area contributed by atoms with Crippen molar-refractivity contribution in [3.63, 3.8) is 0 Å². The van der Waals surface area contributed by atoms with Gasteiger partial charge in [-0.25, -0.2) is 15.0 Å². The number of nitrogens with one attached hydrogen (secondary N) is 2. The molecule has 0 aromatic heterocycles. The molecule has 0 saturated heterocycles. The summed E-state index contributed by atoms with van der Waals surface area (Å²) in [5.41, 5.74) is 6.22. The molecule has 0 heterocycles. The number of hydrogen-bond donors (Lipinski definition) is 2. The van der Waals surface area contributed by atoms with Gasteiger partial charge >= 0.3 is 12.1 Å². The quantitative estimate of drug-likeness (QED) is 0.646. The zero-order chi connectivity index (χ0) is 16.8. The molecule has 1 atom stereocenters. The van der Waals surface area contributed by atoms with E-state index in [9.17, 15) is 9.59 Å². The Labute approximate surface area is 131 Å². The molecule has 6 nitrogen and oxygen atoms in total. The Morgan fingerprint density at radius 1 is 1.18 bits per heavy atom. The molecule has 1 amide bonds. The molecule has 0 aliphatic carbocycles. The fraction of sp³-hybridized carbons (Fsp3) is 0.500. The highest BCUT2D eigenvalue weighted by atomic mass is 16.6. The van der Waals surface area contributed by atoms with Gasteiger partial charge in [-0.1, -0.05) is 12.1 Å². The molecule has 0 spiro atoms. The lowest BCUT2D eigenvalue weighted by Gasteiger charge is -2.21. The summed E-state index contributed by atoms with van der Waals surface area (Å²) < 4.78 is 10.1. The first-order chi connectivity index (χ1) is 10.2. The van der Waals surface area contributed by atoms with E-state index in [2.05, 4.69) is 10.9 Å². The van der Waals surface area contributed by atoms with E-state index < -0.39 is 11.7 Å². The van der Waals surface area contributed by atoms with Crippen molar-refractivity contribution in [2.75, 3.05) is 6.61 Å². The van der Waals surface area contributed by atoms with Gasteiger partial charge in [-0.15, -0.1) is 0 Å². The fourth-order valence-corrected chi connectivity index (χ4v) is 1.68. The predicted octanol–water partition coefficient (Wildman–Crippen LogP) is 2.95. The maximum absolute atomic E-state index is 11.6. The van der Waals surface area contributed by atoms with Crippen LogP contribution < -0.4 is 10.9 Å². The van der Waals surface area contributed by atoms with E-state index >= 15 is 0 Å². The Kier molecular flexibility index (Phi) is 6.37. The number of rotatable bonds is 5. The highest BCUT2D eigenvalue weighted by Gasteiger charge is 2.16. The van der Waals surface area contributed by atoms with Gasteiger partial charge in [0, 0.05) is 6.04 Å². The summed E-state index contributed by atoms with van der Waals surface area (Å²) in [4.78, 5) is 23.1. The van der Waals surface area contributed by atoms with Crippen LogP contribution in [0.4, 0.5) is 4.79 Å². The summed E-state index contributed by atoms with van der Waals surface area (Å²) in [6.07, 6.45) is -0.539. The first-order valence-electron chi connectivity index (χ1n) is 7.24. The van der Waals surface area contributed by atoms with E-state index in [-0.39, 0.29) is 12.0 Å². The number of esters is 1. The Balaban J connectivity index is 2.54. The number of carbonyl (C=O) groups is 2. The third-order valence-electron chi connectivity index (χ3n) is 2.71. The van der Waals surface area contributed by atoms with Gasteiger partial charge in [-0.05, 0) is 52.3 Å². The molecule has 0 aliphatic heterocycles. The monoisotopic (exact) mass is 308 g/mol. The van der Waals surface area contributed by atoms with Crippen molar-refractivity contribution in [2.24, 2.45) is 0 Å². The average Bonchev–Trinajstić information content (AvgIpc) is 2.43. The van der Waals surface area contributed by atoms with Crippen LogP contribution in [-0.4, -0.2) is 24.3 Å². The SMILES string of the molecule is CCOC(=O)c1ccc(C(C)NNC(=O)OC(C)(C)C)cc1. The molecule has 1 rings (SSSR count). The minimum Gasteiger partial charge on any atom is -0.462 e. The standard InChI is InChI=1S/C16H24N2O4/c1-6-21-14(19)13-9-7-12(8-10-13)11(2)17-18-15(20)22-16(3,4)5/h7-11,17H,6H2,1-5H3,(H,18,20). The molecule has 6 heteroatoms. The lowest BCUT2D eigenvalue weighted by Crippen LogP contribution is -2.42. The van der Waals surface area contributed by atoms with Crippen LogP contribution in [0.1, 0.15) is 56.6 Å². The van der Waals surface area contributed by atoms with Gasteiger partial charge in [0.2, 0.25) is 0 Å². The van der Waals surface area contributed by atoms with Gasteiger partial charge in [0.15, 0.2) is 0 Å². The second-order valence-corrected chi connectivity index (χ2v) is 5.84. The summed E-state index contributed by atoms with van der Waals surface area (Å²) in [6.45, 7) is 9.38. The number of benzene rings is 1. The van der Waals surface area contributed by atoms with Gasteiger partial charge in [-0.2, -0.15) is 0 Å². The van der Waals surface area contributed by atoms with Crippen LogP contribution in [0.25, 0.3) is 0 Å². The van der Waals surface area contributed by atoms with Crippen molar-refractivity contribution in [1.82, 2.24) is 10.9 Å². The Morgan fingerprint density at radius 3 is 2.27 bits per heavy atom. The second kappa shape index (κ2) is 7.79. The van der Waals surface area contributed by atoms with Gasteiger partial charge in [0.1, 0.15) is 5.60 Å². The molecule has 2 N–H and O–H groups in total. The number of carbonyl (C=O) groups excluding carboxylic acids is 2. The summed E-state index contributed by atoms with van der Waals surface area (Å²) in [7, 11) is 0. The Bertz CT molecular complexity index is 506. The van der Waals surface area contributed by atoms with Crippen molar-refractivity contribution in [3.05, 3.63) is 35.4 Å². The highest BCUT2D eigenvalue weighted by Crippen LogP contribution is 2.13. The topological polar surface area (TPSA) is 76.7 Å². The minimum absolute atomic E-state index is 0.135. The molecule has 0 aliphatic rings. The van der Waals surface area contributed by atoms with Crippen molar-refractivity contribution in [2.45, 2.75) is 46.3 Å². The molecule has 0 bridgehead atoms. The third-order valence-corrected chi connectivity index (χ3v) is 2.71. The van der Waals surface area contributed by atoms with Gasteiger partial charge in [-0.3, -0.25) is 5.43 Å². The summed E-state index contributed by atoms with van der Waals surface area (Å²) in [5, 5.41) is 0. The predicted molar refractivity (Wildman–Crippen MR) is 83.3 cm³/mol. The molecule has 1 aromatic carbocycles. The Morgan fingerprint density at radius 2 is 1.77 bits per heavy atom. The van der Waals surface area contributed by atoms with Crippen molar-refractivity contribution in [1.29, 1.82) is 0 Å². The molecule has 22 heavy (non-hydrogen) atoms. The zero-order valence-electron chi connectivity index (χ0n) is 13.7. The fourth-order valence-electron chi connectivity index (χ4n) is 1.68. The molecule has 122 valence electrons. The molecular weight excluding hydrogens is 284 g/mol. The largest absolute Gasteiger partial charge is 0.462 e. The maximum atomic E-state index is 11.6. The van der Waals surface area contributed by atoms with Crippen LogP contribution >= 0.6 is 0 Å². The molecule has 0 radical (unpaired) electrons. The smallest absolute Gasteiger partial charge is 0.422 e. The van der Waals surface area contributed by atoms with Crippen LogP contribution in [0.5, 0.6) is 0 Å². The molecule has 1 aromatic rings. The summed E-state index contributed by atoms with van der Waals surface area (Å²) in [6, 6.07) is 6.86. The second-order valence-electron chi connectivity index (χ2n) is 5.84. The van der Waals surface area contributed by atoms with Crippen molar-refractivity contribution >= 4 is 12.1 Å². The number of hydrazine groups is 1.